The van der Waals surface area contributed by atoms with Crippen molar-refractivity contribution in [2.24, 2.45) is 5.73 Å². The summed E-state index contributed by atoms with van der Waals surface area (Å²) >= 11 is 3.59. The number of hydrogen-bond acceptors (Lipinski definition) is 2. The van der Waals surface area contributed by atoms with Crippen LogP contribution in [0.5, 0.6) is 0 Å². The van der Waals surface area contributed by atoms with Gasteiger partial charge in [0, 0.05) is 23.1 Å². The lowest BCUT2D eigenvalue weighted by Gasteiger charge is -2.23. The highest BCUT2D eigenvalue weighted by molar-refractivity contribution is 9.10. The molecule has 2 nitrogen and oxygen atoms in total. The third kappa shape index (κ3) is 3.69. The summed E-state index contributed by atoms with van der Waals surface area (Å²) in [7, 11) is 0. The lowest BCUT2D eigenvalue weighted by molar-refractivity contribution is 0.473. The zero-order chi connectivity index (χ0) is 14.5. The Kier molecular flexibility index (Phi) is 5.35. The summed E-state index contributed by atoms with van der Waals surface area (Å²) in [5.41, 5.74) is 9.67. The summed E-state index contributed by atoms with van der Waals surface area (Å²) in [6, 6.07) is 17.3. The number of hydrogen-bond donors (Lipinski definition) is 2. The molecule has 0 saturated heterocycles. The number of nitrogens with one attached hydrogen (secondary N) is 1. The molecule has 106 valence electrons. The average Bonchev–Trinajstić information content (AvgIpc) is 2.48. The Morgan fingerprint density at radius 3 is 2.40 bits per heavy atom. The molecule has 0 fully saturated rings. The molecule has 0 spiro atoms. The molecule has 20 heavy (non-hydrogen) atoms. The van der Waals surface area contributed by atoms with Crippen LogP contribution in [0, 0.1) is 6.92 Å². The number of aryl methyl sites for hydroxylation is 1. The number of nitrogens with two attached hydrogens (primary N) is 1. The summed E-state index contributed by atoms with van der Waals surface area (Å²) in [6.45, 7) is 4.83. The molecule has 2 rings (SSSR count). The number of halogens is 1. The molecule has 0 heterocycles. The first kappa shape index (κ1) is 15.2. The zero-order valence-electron chi connectivity index (χ0n) is 11.9. The minimum atomic E-state index is 0.155. The molecule has 0 aliphatic carbocycles. The highest BCUT2D eigenvalue weighted by Gasteiger charge is 2.14. The Labute approximate surface area is 129 Å². The van der Waals surface area contributed by atoms with E-state index in [1.165, 1.54) is 16.7 Å². The van der Waals surface area contributed by atoms with Crippen LogP contribution >= 0.6 is 15.9 Å². The molecular formula is C17H21BrN2. The van der Waals surface area contributed by atoms with Crippen LogP contribution in [0.25, 0.3) is 0 Å². The largest absolute Gasteiger partial charge is 0.329 e. The molecule has 0 aliphatic heterocycles. The summed E-state index contributed by atoms with van der Waals surface area (Å²) in [4.78, 5) is 0. The van der Waals surface area contributed by atoms with E-state index in [9.17, 15) is 0 Å². The van der Waals surface area contributed by atoms with Crippen LogP contribution in [0.1, 0.15) is 35.7 Å². The van der Waals surface area contributed by atoms with Gasteiger partial charge in [-0.05, 0) is 36.6 Å². The van der Waals surface area contributed by atoms with Crippen molar-refractivity contribution in [1.82, 2.24) is 5.32 Å². The van der Waals surface area contributed by atoms with Crippen molar-refractivity contribution >= 4 is 15.9 Å². The van der Waals surface area contributed by atoms with Gasteiger partial charge in [0.05, 0.1) is 0 Å². The molecule has 0 amide bonds. The maximum atomic E-state index is 5.94. The van der Waals surface area contributed by atoms with Gasteiger partial charge in [0.2, 0.25) is 0 Å². The SMILES string of the molecule is Cc1ccc(C(CN)NC(C)c2ccccc2)cc1Br. The van der Waals surface area contributed by atoms with Gasteiger partial charge in [-0.25, -0.2) is 0 Å². The van der Waals surface area contributed by atoms with Crippen LogP contribution in [0.3, 0.4) is 0 Å². The van der Waals surface area contributed by atoms with Crippen molar-refractivity contribution in [3.8, 4) is 0 Å². The highest BCUT2D eigenvalue weighted by atomic mass is 79.9. The lowest BCUT2D eigenvalue weighted by Crippen LogP contribution is -2.30. The molecule has 0 aromatic heterocycles. The van der Waals surface area contributed by atoms with Crippen molar-refractivity contribution in [2.45, 2.75) is 25.9 Å². The quantitative estimate of drug-likeness (QED) is 0.864. The van der Waals surface area contributed by atoms with Crippen LogP contribution in [0.4, 0.5) is 0 Å². The normalized spacial score (nSPS) is 14.0. The third-order valence-electron chi connectivity index (χ3n) is 3.58. The molecule has 0 aliphatic rings. The van der Waals surface area contributed by atoms with Gasteiger partial charge in [0.25, 0.3) is 0 Å². The monoisotopic (exact) mass is 332 g/mol. The number of benzene rings is 2. The van der Waals surface area contributed by atoms with Crippen LogP contribution < -0.4 is 11.1 Å². The van der Waals surface area contributed by atoms with Crippen LogP contribution in [-0.2, 0) is 0 Å². The molecule has 0 radical (unpaired) electrons. The minimum absolute atomic E-state index is 0.155. The fraction of sp³-hybridized carbons (Fsp3) is 0.294. The van der Waals surface area contributed by atoms with Gasteiger partial charge in [-0.15, -0.1) is 0 Å². The van der Waals surface area contributed by atoms with Crippen molar-refractivity contribution < 1.29 is 0 Å². The van der Waals surface area contributed by atoms with E-state index in [0.717, 1.165) is 4.47 Å². The second-order valence-corrected chi connectivity index (χ2v) is 5.95. The Hall–Kier alpha value is -1.16. The summed E-state index contributed by atoms with van der Waals surface area (Å²) < 4.78 is 1.13. The molecular weight excluding hydrogens is 312 g/mol. The van der Waals surface area contributed by atoms with Gasteiger partial charge in [-0.3, -0.25) is 0 Å². The standard InChI is InChI=1S/C17H21BrN2/c1-12-8-9-15(10-16(12)18)17(11-19)20-13(2)14-6-4-3-5-7-14/h3-10,13,17,20H,11,19H2,1-2H3. The second-order valence-electron chi connectivity index (χ2n) is 5.10. The van der Waals surface area contributed by atoms with Gasteiger partial charge in [0.1, 0.15) is 0 Å². The van der Waals surface area contributed by atoms with E-state index in [4.69, 9.17) is 5.73 Å². The molecule has 0 bridgehead atoms. The summed E-state index contributed by atoms with van der Waals surface area (Å²) in [6.07, 6.45) is 0. The Bertz CT molecular complexity index is 554. The maximum absolute atomic E-state index is 5.94. The predicted molar refractivity (Wildman–Crippen MR) is 88.7 cm³/mol. The van der Waals surface area contributed by atoms with E-state index in [0.29, 0.717) is 6.54 Å². The van der Waals surface area contributed by atoms with Gasteiger partial charge >= 0.3 is 0 Å². The highest BCUT2D eigenvalue weighted by Crippen LogP contribution is 2.24. The third-order valence-corrected chi connectivity index (χ3v) is 4.44. The van der Waals surface area contributed by atoms with Crippen molar-refractivity contribution in [1.29, 1.82) is 0 Å². The van der Waals surface area contributed by atoms with Crippen molar-refractivity contribution in [3.05, 3.63) is 69.7 Å². The first-order valence-electron chi connectivity index (χ1n) is 6.89. The van der Waals surface area contributed by atoms with E-state index in [2.05, 4.69) is 77.6 Å². The maximum Gasteiger partial charge on any atom is 0.0449 e. The first-order chi connectivity index (χ1) is 9.61. The second kappa shape index (κ2) is 7.02. The minimum Gasteiger partial charge on any atom is -0.329 e. The van der Waals surface area contributed by atoms with Crippen molar-refractivity contribution in [2.75, 3.05) is 6.54 Å². The summed E-state index contributed by atoms with van der Waals surface area (Å²) in [5, 5.41) is 3.60. The Morgan fingerprint density at radius 2 is 1.80 bits per heavy atom. The van der Waals surface area contributed by atoms with Crippen LogP contribution in [0.15, 0.2) is 53.0 Å². The Balaban J connectivity index is 2.14. The van der Waals surface area contributed by atoms with Gasteiger partial charge < -0.3 is 11.1 Å². The fourth-order valence-corrected chi connectivity index (χ4v) is 2.66. The lowest BCUT2D eigenvalue weighted by atomic mass is 10.0. The smallest absolute Gasteiger partial charge is 0.0449 e. The molecule has 2 unspecified atom stereocenters. The Morgan fingerprint density at radius 1 is 1.10 bits per heavy atom. The predicted octanol–water partition coefficient (Wildman–Crippen LogP) is 4.11. The van der Waals surface area contributed by atoms with Crippen LogP contribution in [-0.4, -0.2) is 6.54 Å². The van der Waals surface area contributed by atoms with Gasteiger partial charge in [0.15, 0.2) is 0 Å². The molecule has 3 N–H and O–H groups in total. The molecule has 3 heteroatoms. The van der Waals surface area contributed by atoms with E-state index < -0.39 is 0 Å². The van der Waals surface area contributed by atoms with E-state index in [-0.39, 0.29) is 12.1 Å². The zero-order valence-corrected chi connectivity index (χ0v) is 13.5. The van der Waals surface area contributed by atoms with Gasteiger partial charge in [-0.1, -0.05) is 58.4 Å². The van der Waals surface area contributed by atoms with Crippen molar-refractivity contribution in [3.63, 3.8) is 0 Å². The van der Waals surface area contributed by atoms with E-state index >= 15 is 0 Å². The van der Waals surface area contributed by atoms with Crippen LogP contribution in [0.2, 0.25) is 0 Å². The van der Waals surface area contributed by atoms with E-state index in [1.807, 2.05) is 6.07 Å². The van der Waals surface area contributed by atoms with Gasteiger partial charge in [-0.2, -0.15) is 0 Å². The van der Waals surface area contributed by atoms with E-state index in [1.54, 1.807) is 0 Å². The molecule has 2 atom stereocenters. The average molecular weight is 333 g/mol. The fourth-order valence-electron chi connectivity index (χ4n) is 2.27. The molecule has 0 saturated carbocycles. The summed E-state index contributed by atoms with van der Waals surface area (Å²) in [5.74, 6) is 0. The number of rotatable bonds is 5. The first-order valence-corrected chi connectivity index (χ1v) is 7.68. The topological polar surface area (TPSA) is 38.0 Å². The molecule has 2 aromatic rings. The molecule has 2 aromatic carbocycles.